The molecule has 2 aromatic carbocycles. The molecule has 134 heavy (non-hydrogen) atoms. The lowest BCUT2D eigenvalue weighted by Crippen LogP contribution is -2.43. The Kier molecular flexibility index (Phi) is 47.6. The zero-order valence-electron chi connectivity index (χ0n) is 92.9. The molecule has 0 radical (unpaired) electrons. The third kappa shape index (κ3) is 32.7. The average molecular weight is 1880 g/mol. The quantitative estimate of drug-likeness (QED) is 0.103. The molecule has 0 atom stereocenters. The lowest BCUT2D eigenvalue weighted by molar-refractivity contribution is 0.567. The molecule has 6 heteroatoms. The first-order valence-corrected chi connectivity index (χ1v) is 63.1. The molecule has 0 saturated carbocycles. The van der Waals surface area contributed by atoms with E-state index in [9.17, 15) is 0 Å². The zero-order chi connectivity index (χ0) is 103. The lowest BCUT2D eigenvalue weighted by Gasteiger charge is -2.38. The summed E-state index contributed by atoms with van der Waals surface area (Å²) in [6.45, 7) is 110. The van der Waals surface area contributed by atoms with Gasteiger partial charge in [-0.05, 0) is 322 Å². The predicted octanol–water partition coefficient (Wildman–Crippen LogP) is 31.5. The lowest BCUT2D eigenvalue weighted by atomic mass is 9.79. The van der Waals surface area contributed by atoms with Crippen molar-refractivity contribution in [2.75, 3.05) is 0 Å². The second-order valence-corrected chi connectivity index (χ2v) is 79.7. The largest absolute Gasteiger partial charge is 0.146 e. The fourth-order valence-corrected chi connectivity index (χ4v) is 52.1. The molecule has 0 saturated heterocycles. The molecule has 0 N–H and O–H groups in total. The monoisotopic (exact) mass is 1870 g/mol. The van der Waals surface area contributed by atoms with Gasteiger partial charge in [0.1, 0.15) is 48.4 Å². The van der Waals surface area contributed by atoms with Crippen molar-refractivity contribution in [3.63, 3.8) is 0 Å². The fourth-order valence-electron chi connectivity index (χ4n) is 20.8. The standard InChI is InChI=1S/C128H168Si6/c1-95(2)129(96(3)4,97(5)6)83-77-115(71-63-53-49-51-55-65-73-117(79-85-131(101(13)14,102(15)16)103(17)18)119(81-87-133(107(25)26,108(27)28)109(29)30)75-67-59-57-61-69-113-89-121(125(37,38)39)93-122(90-113)126(40,41)42)116(78-84-130(98(7)8,99(9)10)100(11)12)72-64-54-50-52-56-66-74-118(80-86-132(104(19)20,105(21)22)106(23)24)120(82-88-134(110(31)32,111(33)34)112(35)36)76-68-60-58-62-70-114-91-123(127(43,44)45)94-124(92-114)128(46,47)48/h89-112H,1-48H3/b116-115+,119-117+,120-118+. The van der Waals surface area contributed by atoms with Crippen molar-refractivity contribution >= 4 is 48.4 Å². The first kappa shape index (κ1) is 120. The predicted molar refractivity (Wildman–Crippen MR) is 609 cm³/mol. The Bertz CT molecular complexity index is 5480. The van der Waals surface area contributed by atoms with Crippen LogP contribution in [-0.2, 0) is 21.7 Å². The van der Waals surface area contributed by atoms with Crippen LogP contribution in [0.15, 0.2) is 69.8 Å². The summed E-state index contributed by atoms with van der Waals surface area (Å²) in [6, 6.07) is 13.3. The van der Waals surface area contributed by atoms with Gasteiger partial charge in [-0.2, -0.15) is 0 Å². The molecule has 0 aromatic heterocycles. The number of allylic oxidation sites excluding steroid dienone is 6. The topological polar surface area (TPSA) is 0 Å². The summed E-state index contributed by atoms with van der Waals surface area (Å²) in [5, 5.41) is 0. The van der Waals surface area contributed by atoms with Crippen molar-refractivity contribution in [2.45, 2.75) is 454 Å². The number of hydrogen-bond acceptors (Lipinski definition) is 0. The van der Waals surface area contributed by atoms with Gasteiger partial charge in [0.2, 0.25) is 0 Å². The van der Waals surface area contributed by atoms with E-state index in [2.05, 4.69) is 603 Å². The third-order valence-corrected chi connectivity index (χ3v) is 66.0. The number of rotatable bonds is 18. The van der Waals surface area contributed by atoms with E-state index in [-0.39, 0.29) is 21.7 Å². The van der Waals surface area contributed by atoms with Gasteiger partial charge in [0.15, 0.2) is 0 Å². The van der Waals surface area contributed by atoms with Gasteiger partial charge < -0.3 is 0 Å². The number of hydrogen-bond donors (Lipinski definition) is 0. The summed E-state index contributed by atoms with van der Waals surface area (Å²) in [4.78, 5) is 0. The van der Waals surface area contributed by atoms with E-state index in [1.54, 1.807) is 0 Å². The second-order valence-electron chi connectivity index (χ2n) is 46.2. The van der Waals surface area contributed by atoms with Crippen molar-refractivity contribution in [2.24, 2.45) is 0 Å². The summed E-state index contributed by atoms with van der Waals surface area (Å²) >= 11 is 0. The highest BCUT2D eigenvalue weighted by Gasteiger charge is 2.47. The molecule has 0 nitrogen and oxygen atoms in total. The third-order valence-electron chi connectivity index (χ3n) is 28.2. The number of benzene rings is 2. The van der Waals surface area contributed by atoms with Gasteiger partial charge >= 0.3 is 0 Å². The van der Waals surface area contributed by atoms with Crippen LogP contribution in [0, 0.1) is 235 Å². The zero-order valence-corrected chi connectivity index (χ0v) is 98.9. The molecule has 0 bridgehead atoms. The maximum absolute atomic E-state index is 3.97. The molecule has 0 amide bonds. The van der Waals surface area contributed by atoms with Crippen molar-refractivity contribution in [3.8, 4) is 235 Å². The van der Waals surface area contributed by atoms with E-state index >= 15 is 0 Å². The van der Waals surface area contributed by atoms with Gasteiger partial charge in [-0.3, -0.25) is 0 Å². The molecule has 0 aliphatic rings. The van der Waals surface area contributed by atoms with Crippen LogP contribution >= 0.6 is 0 Å². The molecule has 2 aromatic rings. The van der Waals surface area contributed by atoms with Gasteiger partial charge in [0, 0.05) is 11.1 Å². The van der Waals surface area contributed by atoms with E-state index in [1.165, 1.54) is 22.3 Å². The van der Waals surface area contributed by atoms with Crippen molar-refractivity contribution < 1.29 is 0 Å². The van der Waals surface area contributed by atoms with Crippen LogP contribution in [0.5, 0.6) is 0 Å². The Morgan fingerprint density at radius 2 is 0.269 bits per heavy atom. The second kappa shape index (κ2) is 53.0. The SMILES string of the molecule is CC(C)[Si](C#C/C(C#CC#CC#CC#C/C(C#C[Si](C(C)C)(C(C)C)C(C)C)=C(/C#CC#CC#Cc1cc(C(C)(C)C)cc(C(C)(C)C)c1)C#C[Si](C(C)C)(C(C)C)C(C)C)=C(\C#CC#CC#CC#C/C(C#C[Si](C(C)C)(C(C)C)C(C)C)=C(/C#CC#CC#Cc1cc(C(C)(C)C)cc(C(C)(C)C)c1)C#C[Si](C(C)C)(C(C)C)C(C)C)C#C[Si](C(C)C)(C(C)C)C(C)C)(C(C)C)C(C)C. The summed E-state index contributed by atoms with van der Waals surface area (Å²) in [6.07, 6.45) is 0. The highest BCUT2D eigenvalue weighted by molar-refractivity contribution is 6.93. The molecular weight excluding hydrogens is 1710 g/mol. The van der Waals surface area contributed by atoms with Crippen LogP contribution in [0.3, 0.4) is 0 Å². The molecule has 0 spiro atoms. The Morgan fingerprint density at radius 1 is 0.157 bits per heavy atom. The van der Waals surface area contributed by atoms with E-state index in [1.807, 2.05) is 0 Å². The van der Waals surface area contributed by atoms with Crippen LogP contribution in [0.2, 0.25) is 99.7 Å². The normalized spacial score (nSPS) is 12.3. The average Bonchev–Trinajstić information content (AvgIpc) is 0.801. The molecule has 2 rings (SSSR count). The van der Waals surface area contributed by atoms with E-state index in [4.69, 9.17) is 0 Å². The van der Waals surface area contributed by atoms with Crippen LogP contribution in [0.1, 0.15) is 366 Å². The highest BCUT2D eigenvalue weighted by Crippen LogP contribution is 2.47. The molecule has 704 valence electrons. The summed E-state index contributed by atoms with van der Waals surface area (Å²) in [7, 11) is -13.9. The van der Waals surface area contributed by atoms with E-state index < -0.39 is 48.4 Å². The van der Waals surface area contributed by atoms with Crippen molar-refractivity contribution in [3.05, 3.63) is 103 Å². The van der Waals surface area contributed by atoms with Crippen LogP contribution in [0.4, 0.5) is 0 Å². The van der Waals surface area contributed by atoms with Crippen molar-refractivity contribution in [1.29, 1.82) is 0 Å². The smallest absolute Gasteiger partial charge is 0.124 e. The minimum absolute atomic E-state index is 0.0505. The van der Waals surface area contributed by atoms with Crippen LogP contribution in [0.25, 0.3) is 0 Å². The molecule has 0 aliphatic heterocycles. The van der Waals surface area contributed by atoms with E-state index in [0.29, 0.717) is 133 Å². The molecule has 0 fully saturated rings. The van der Waals surface area contributed by atoms with Gasteiger partial charge in [0.05, 0.1) is 33.4 Å². The maximum atomic E-state index is 3.97. The van der Waals surface area contributed by atoms with Crippen molar-refractivity contribution in [1.82, 2.24) is 0 Å². The minimum atomic E-state index is -2.36. The molecule has 0 heterocycles. The minimum Gasteiger partial charge on any atom is -0.124 e. The van der Waals surface area contributed by atoms with Crippen LogP contribution < -0.4 is 0 Å². The Hall–Kier alpha value is -9.84. The highest BCUT2D eigenvalue weighted by atomic mass is 28.3. The van der Waals surface area contributed by atoms with Crippen LogP contribution in [-0.4, -0.2) is 48.4 Å². The summed E-state index contributed by atoms with van der Waals surface area (Å²) in [5.74, 6) is 111. The fraction of sp³-hybridized carbons (Fsp3) is 0.547. The van der Waals surface area contributed by atoms with E-state index in [0.717, 1.165) is 11.1 Å². The van der Waals surface area contributed by atoms with Gasteiger partial charge in [-0.25, -0.2) is 0 Å². The molecular formula is C128H168Si6. The Labute approximate surface area is 833 Å². The molecule has 0 aliphatic carbocycles. The Balaban J connectivity index is 3.67. The maximum Gasteiger partial charge on any atom is 0.146 e. The first-order valence-electron chi connectivity index (χ1n) is 49.7. The summed E-state index contributed by atoms with van der Waals surface area (Å²) < 4.78 is 0. The molecule has 0 unspecified atom stereocenters. The summed E-state index contributed by atoms with van der Waals surface area (Å²) in [5.41, 5.74) is 40.0. The van der Waals surface area contributed by atoms with Gasteiger partial charge in [-0.15, -0.1) is 33.3 Å². The first-order chi connectivity index (χ1) is 61.9. The Morgan fingerprint density at radius 3 is 0.381 bits per heavy atom. The van der Waals surface area contributed by atoms with Gasteiger partial charge in [-0.1, -0.05) is 392 Å². The van der Waals surface area contributed by atoms with Gasteiger partial charge in [0.25, 0.3) is 0 Å².